The number of hydrogen-bond acceptors (Lipinski definition) is 2. The highest BCUT2D eigenvalue weighted by atomic mass is 14.7. The first-order chi connectivity index (χ1) is 10.6. The van der Waals surface area contributed by atoms with Gasteiger partial charge in [0.1, 0.15) is 0 Å². The molecule has 0 saturated heterocycles. The first kappa shape index (κ1) is 32.5. The summed E-state index contributed by atoms with van der Waals surface area (Å²) >= 11 is 0. The topological polar surface area (TPSA) is 24.1 Å². The van der Waals surface area contributed by atoms with Gasteiger partial charge in [0.15, 0.2) is 0 Å². The summed E-state index contributed by atoms with van der Waals surface area (Å²) in [5.74, 6) is 0. The molecule has 0 atom stereocenters. The molecule has 0 aromatic rings. The molecule has 2 nitrogen and oxygen atoms in total. The maximum Gasteiger partial charge on any atom is -0.00978 e. The average Bonchev–Trinajstić information content (AvgIpc) is 2.52. The van der Waals surface area contributed by atoms with E-state index in [1.807, 2.05) is 87.1 Å². The van der Waals surface area contributed by atoms with Crippen LogP contribution in [-0.4, -0.2) is 28.2 Å². The minimum absolute atomic E-state index is 0.977. The molecule has 0 amide bonds. The molecule has 0 bridgehead atoms. The van der Waals surface area contributed by atoms with Crippen LogP contribution in [0.3, 0.4) is 0 Å². The van der Waals surface area contributed by atoms with Gasteiger partial charge in [0.2, 0.25) is 0 Å². The smallest absolute Gasteiger partial charge is 0.00978 e. The van der Waals surface area contributed by atoms with Crippen LogP contribution < -0.4 is 10.6 Å². The van der Waals surface area contributed by atoms with Gasteiger partial charge in [0, 0.05) is 0 Å². The van der Waals surface area contributed by atoms with Crippen LogP contribution in [0.15, 0.2) is 61.3 Å². The quantitative estimate of drug-likeness (QED) is 0.527. The third-order valence-corrected chi connectivity index (χ3v) is 1.35. The second kappa shape index (κ2) is 50.4. The van der Waals surface area contributed by atoms with Crippen molar-refractivity contribution in [2.45, 2.75) is 41.0 Å². The van der Waals surface area contributed by atoms with Gasteiger partial charge in [0.05, 0.1) is 0 Å². The lowest BCUT2D eigenvalue weighted by Gasteiger charge is -1.92. The van der Waals surface area contributed by atoms with E-state index in [0.717, 1.165) is 6.42 Å². The molecule has 0 aliphatic rings. The summed E-state index contributed by atoms with van der Waals surface area (Å²) in [6.45, 7) is 17.0. The van der Waals surface area contributed by atoms with E-state index in [-0.39, 0.29) is 0 Å². The van der Waals surface area contributed by atoms with Gasteiger partial charge in [-0.3, -0.25) is 0 Å². The van der Waals surface area contributed by atoms with E-state index in [9.17, 15) is 0 Å². The summed E-state index contributed by atoms with van der Waals surface area (Å²) in [4.78, 5) is 0. The molecule has 0 aromatic heterocycles. The fourth-order valence-electron chi connectivity index (χ4n) is 0.693. The van der Waals surface area contributed by atoms with Gasteiger partial charge in [0.25, 0.3) is 0 Å². The van der Waals surface area contributed by atoms with Gasteiger partial charge < -0.3 is 10.6 Å². The van der Waals surface area contributed by atoms with E-state index in [1.165, 1.54) is 5.57 Å². The summed E-state index contributed by atoms with van der Waals surface area (Å²) in [6, 6.07) is 0. The fourth-order valence-corrected chi connectivity index (χ4v) is 0.693. The highest BCUT2D eigenvalue weighted by Crippen LogP contribution is 2.03. The largest absolute Gasteiger partial charge is 0.323 e. The second-order valence-corrected chi connectivity index (χ2v) is 3.65. The molecule has 0 aliphatic heterocycles. The van der Waals surface area contributed by atoms with Crippen molar-refractivity contribution in [1.82, 2.24) is 10.6 Å². The Kier molecular flexibility index (Phi) is 74.5. The third-order valence-electron chi connectivity index (χ3n) is 1.35. The molecule has 2 N–H and O–H groups in total. The first-order valence-corrected chi connectivity index (χ1v) is 7.89. The predicted molar refractivity (Wildman–Crippen MR) is 110 cm³/mol. The van der Waals surface area contributed by atoms with Crippen LogP contribution in [0.1, 0.15) is 41.0 Å². The molecule has 0 spiro atoms. The highest BCUT2D eigenvalue weighted by molar-refractivity contribution is 5.24. The normalized spacial score (nSPS) is 9.05. The highest BCUT2D eigenvalue weighted by Gasteiger charge is 1.83. The van der Waals surface area contributed by atoms with Gasteiger partial charge in [-0.1, -0.05) is 63.0 Å². The molecule has 0 aliphatic carbocycles. The Hall–Kier alpha value is -1.38. The first-order valence-electron chi connectivity index (χ1n) is 7.89. The lowest BCUT2D eigenvalue weighted by molar-refractivity contribution is 1.02. The second-order valence-electron chi connectivity index (χ2n) is 3.65. The zero-order chi connectivity index (χ0) is 18.6. The monoisotopic (exact) mass is 310 g/mol. The predicted octanol–water partition coefficient (Wildman–Crippen LogP) is 5.53. The molecule has 2 heteroatoms. The maximum absolute atomic E-state index is 3.73. The van der Waals surface area contributed by atoms with Crippen molar-refractivity contribution in [2.24, 2.45) is 0 Å². The van der Waals surface area contributed by atoms with Crippen LogP contribution in [0.25, 0.3) is 0 Å². The van der Waals surface area contributed by atoms with Crippen molar-refractivity contribution in [1.29, 1.82) is 0 Å². The van der Waals surface area contributed by atoms with E-state index in [4.69, 9.17) is 0 Å². The van der Waals surface area contributed by atoms with Crippen LogP contribution in [0.2, 0.25) is 0 Å². The Bertz CT molecular complexity index is 246. The van der Waals surface area contributed by atoms with Crippen LogP contribution in [0, 0.1) is 0 Å². The van der Waals surface area contributed by atoms with Gasteiger partial charge >= 0.3 is 0 Å². The molecular weight excluding hydrogens is 268 g/mol. The molecule has 0 heterocycles. The van der Waals surface area contributed by atoms with Crippen LogP contribution in [-0.2, 0) is 0 Å². The van der Waals surface area contributed by atoms with E-state index in [1.54, 1.807) is 6.08 Å². The average molecular weight is 311 g/mol. The van der Waals surface area contributed by atoms with Gasteiger partial charge in [-0.15, -0.1) is 6.58 Å². The number of hydrogen-bond donors (Lipinski definition) is 2. The van der Waals surface area contributed by atoms with E-state index >= 15 is 0 Å². The van der Waals surface area contributed by atoms with E-state index < -0.39 is 0 Å². The molecule has 0 aromatic carbocycles. The van der Waals surface area contributed by atoms with Crippen molar-refractivity contribution >= 4 is 0 Å². The van der Waals surface area contributed by atoms with Crippen molar-refractivity contribution in [2.75, 3.05) is 28.2 Å². The van der Waals surface area contributed by atoms with E-state index in [2.05, 4.69) is 35.9 Å². The molecule has 0 radical (unpaired) electrons. The lowest BCUT2D eigenvalue weighted by Crippen LogP contribution is -1.89. The molecule has 0 saturated carbocycles. The molecule has 0 unspecified atom stereocenters. The number of nitrogens with one attached hydrogen (secondary N) is 2. The number of allylic oxidation sites excluding steroid dienone is 8. The summed E-state index contributed by atoms with van der Waals surface area (Å²) < 4.78 is 0. The zero-order valence-electron chi connectivity index (χ0n) is 16.7. The van der Waals surface area contributed by atoms with Crippen molar-refractivity contribution < 1.29 is 0 Å². The summed E-state index contributed by atoms with van der Waals surface area (Å²) in [6.07, 6.45) is 14.9. The Morgan fingerprint density at radius 1 is 0.864 bits per heavy atom. The Morgan fingerprint density at radius 2 is 1.23 bits per heavy atom. The lowest BCUT2D eigenvalue weighted by atomic mass is 10.1. The molecule has 22 heavy (non-hydrogen) atoms. The Morgan fingerprint density at radius 3 is 1.45 bits per heavy atom. The SMILES string of the molecule is C=C/C(=C\C=C/C)C/C=C/C.C=CC.CC.CNC.CNC. The summed E-state index contributed by atoms with van der Waals surface area (Å²) in [7, 11) is 7.50. The van der Waals surface area contributed by atoms with Crippen LogP contribution in [0.5, 0.6) is 0 Å². The van der Waals surface area contributed by atoms with Crippen molar-refractivity contribution in [3.8, 4) is 0 Å². The van der Waals surface area contributed by atoms with Gasteiger partial charge in [-0.05, 0) is 61.0 Å². The Balaban J connectivity index is -0.0000000722. The van der Waals surface area contributed by atoms with Crippen molar-refractivity contribution in [3.05, 3.63) is 61.3 Å². The molecule has 0 fully saturated rings. The standard InChI is InChI=1S/C11H16.C3H6.2C2H7N.C2H6/c1-4-7-9-11(6-3)10-8-5-2;3*1-3-2;1-2/h4-9H,3,10H2,1-2H3;3H,1H2,2H3;2*3H,1-2H3;1-2H3/b7-4-,8-5+,11-9+;;;;. The fraction of sp³-hybridized carbons (Fsp3) is 0.500. The minimum Gasteiger partial charge on any atom is -0.323 e. The molecule has 0 rings (SSSR count). The summed E-state index contributed by atoms with van der Waals surface area (Å²) in [5, 5.41) is 5.50. The third kappa shape index (κ3) is 77.8. The van der Waals surface area contributed by atoms with E-state index in [0.29, 0.717) is 0 Å². The molecule has 132 valence electrons. The van der Waals surface area contributed by atoms with Gasteiger partial charge in [-0.25, -0.2) is 0 Å². The summed E-state index contributed by atoms with van der Waals surface area (Å²) in [5.41, 5.74) is 1.25. The minimum atomic E-state index is 0.977. The van der Waals surface area contributed by atoms with Crippen LogP contribution >= 0.6 is 0 Å². The number of rotatable bonds is 4. The zero-order valence-corrected chi connectivity index (χ0v) is 16.7. The van der Waals surface area contributed by atoms with Crippen LogP contribution in [0.4, 0.5) is 0 Å². The molecular formula is C20H42N2. The Labute approximate surface area is 141 Å². The maximum atomic E-state index is 3.73. The van der Waals surface area contributed by atoms with Crippen molar-refractivity contribution in [3.63, 3.8) is 0 Å². The van der Waals surface area contributed by atoms with Gasteiger partial charge in [-0.2, -0.15) is 0 Å².